The van der Waals surface area contributed by atoms with Crippen LogP contribution in [0.4, 0.5) is 10.5 Å². The predicted octanol–water partition coefficient (Wildman–Crippen LogP) is 6.32. The minimum Gasteiger partial charge on any atom is -0.465 e. The van der Waals surface area contributed by atoms with Crippen molar-refractivity contribution < 1.29 is 27.9 Å². The number of imide groups is 1. The van der Waals surface area contributed by atoms with Crippen LogP contribution in [0.15, 0.2) is 70.8 Å². The molecule has 11 nitrogen and oxygen atoms in total. The van der Waals surface area contributed by atoms with Crippen LogP contribution in [0.2, 0.25) is 10.0 Å². The van der Waals surface area contributed by atoms with E-state index < -0.39 is 27.7 Å². The van der Waals surface area contributed by atoms with Crippen molar-refractivity contribution in [2.45, 2.75) is 31.1 Å². The molecule has 3 aromatic carbocycles. The normalized spacial score (nSPS) is 13.4. The molecule has 1 aliphatic rings. The fourth-order valence-electron chi connectivity index (χ4n) is 4.37. The third kappa shape index (κ3) is 6.59. The molecule has 3 N–H and O–H groups in total. The largest absolute Gasteiger partial charge is 0.465 e. The average molecular weight is 641 g/mol. The Bertz CT molecular complexity index is 1920. The summed E-state index contributed by atoms with van der Waals surface area (Å²) in [6.07, 6.45) is 2.94. The number of carboxylic acid groups (broad SMARTS) is 1. The first-order valence-electron chi connectivity index (χ1n) is 12.9. The fraction of sp³-hybridized carbons (Fsp3) is 0.172. The highest BCUT2D eigenvalue weighted by atomic mass is 35.5. The van der Waals surface area contributed by atoms with Crippen LogP contribution in [0.25, 0.3) is 10.9 Å². The molecule has 0 saturated heterocycles. The summed E-state index contributed by atoms with van der Waals surface area (Å²) in [6, 6.07) is 16.0. The first-order chi connectivity index (χ1) is 20.5. The molecule has 0 unspecified atom stereocenters. The highest BCUT2D eigenvalue weighted by Crippen LogP contribution is 2.41. The number of hydrogen-bond acceptors (Lipinski definition) is 8. The summed E-state index contributed by atoms with van der Waals surface area (Å²) < 4.78 is 34.5. The van der Waals surface area contributed by atoms with E-state index in [-0.39, 0.29) is 26.4 Å². The molecule has 0 spiro atoms. The number of hydrazone groups is 1. The number of fused-ring (bicyclic) bond motifs is 1. The second-order valence-electron chi connectivity index (χ2n) is 9.91. The van der Waals surface area contributed by atoms with Gasteiger partial charge in [-0.2, -0.15) is 10.4 Å². The number of anilines is 1. The number of rotatable bonds is 9. The lowest BCUT2D eigenvalue weighted by atomic mass is 10.1. The van der Waals surface area contributed by atoms with Gasteiger partial charge in [0.25, 0.3) is 15.9 Å². The van der Waals surface area contributed by atoms with Crippen molar-refractivity contribution in [2.24, 2.45) is 11.0 Å². The first kappa shape index (κ1) is 29.9. The molecule has 0 bridgehead atoms. The van der Waals surface area contributed by atoms with Crippen LogP contribution in [0.1, 0.15) is 24.0 Å². The molecule has 220 valence electrons. The molecular formula is C29H23Cl2N5O6S. The van der Waals surface area contributed by atoms with Crippen LogP contribution in [0, 0.1) is 24.2 Å². The summed E-state index contributed by atoms with van der Waals surface area (Å²) in [5, 5.41) is 23.7. The Balaban J connectivity index is 1.45. The van der Waals surface area contributed by atoms with Gasteiger partial charge in [0.15, 0.2) is 5.75 Å². The molecule has 1 fully saturated rings. The number of halogens is 2. The van der Waals surface area contributed by atoms with E-state index in [0.717, 1.165) is 35.8 Å². The second kappa shape index (κ2) is 12.0. The van der Waals surface area contributed by atoms with Crippen molar-refractivity contribution >= 4 is 67.5 Å². The zero-order valence-corrected chi connectivity index (χ0v) is 24.8. The number of aryl methyl sites for hydroxylation is 1. The zero-order chi connectivity index (χ0) is 30.9. The number of carbonyl (C=O) groups excluding carboxylic acids is 1. The Kier molecular flexibility index (Phi) is 8.32. The van der Waals surface area contributed by atoms with Crippen molar-refractivity contribution in [1.29, 1.82) is 5.26 Å². The van der Waals surface area contributed by atoms with E-state index in [0.29, 0.717) is 17.2 Å². The number of carbonyl (C=O) groups is 2. The Morgan fingerprint density at radius 3 is 2.40 bits per heavy atom. The van der Waals surface area contributed by atoms with E-state index in [1.807, 2.05) is 6.92 Å². The Labute approximate surface area is 256 Å². The number of ether oxygens (including phenoxy) is 1. The topological polar surface area (TPSA) is 163 Å². The van der Waals surface area contributed by atoms with Gasteiger partial charge in [-0.3, -0.25) is 15.5 Å². The number of hydrogen-bond donors (Lipinski definition) is 3. The molecule has 1 heterocycles. The fourth-order valence-corrected chi connectivity index (χ4v) is 6.33. The maximum absolute atomic E-state index is 13.6. The van der Waals surface area contributed by atoms with Crippen LogP contribution in [0.3, 0.4) is 0 Å². The first-order valence-corrected chi connectivity index (χ1v) is 15.1. The second-order valence-corrected chi connectivity index (χ2v) is 12.5. The molecule has 0 atom stereocenters. The third-order valence-corrected chi connectivity index (χ3v) is 8.91. The molecule has 0 radical (unpaired) electrons. The highest BCUT2D eigenvalue weighted by molar-refractivity contribution is 7.90. The van der Waals surface area contributed by atoms with E-state index in [9.17, 15) is 18.0 Å². The van der Waals surface area contributed by atoms with Crippen molar-refractivity contribution in [3.8, 4) is 17.6 Å². The summed E-state index contributed by atoms with van der Waals surface area (Å²) >= 11 is 12.9. The van der Waals surface area contributed by atoms with Gasteiger partial charge in [0.1, 0.15) is 11.8 Å². The number of aromatic nitrogens is 1. The lowest BCUT2D eigenvalue weighted by Gasteiger charge is -2.12. The SMILES string of the molecule is Cc1ccc(S(=O)(=O)n2cc(CC3CC3)c3cc(Oc4c(Cl)cc(N/N=C(/C#N)C(=O)NC(=O)O)cc4Cl)ccc32)cc1. The van der Waals surface area contributed by atoms with Gasteiger partial charge in [0, 0.05) is 11.6 Å². The minimum atomic E-state index is -3.85. The Hall–Kier alpha value is -4.57. The molecule has 1 aromatic heterocycles. The van der Waals surface area contributed by atoms with Crippen LogP contribution in [0.5, 0.6) is 11.5 Å². The average Bonchev–Trinajstić information content (AvgIpc) is 3.70. The number of amides is 2. The Morgan fingerprint density at radius 2 is 1.79 bits per heavy atom. The van der Waals surface area contributed by atoms with E-state index >= 15 is 0 Å². The van der Waals surface area contributed by atoms with Crippen LogP contribution in [-0.4, -0.2) is 35.2 Å². The van der Waals surface area contributed by atoms with Crippen LogP contribution >= 0.6 is 23.2 Å². The lowest BCUT2D eigenvalue weighted by molar-refractivity contribution is -0.114. The summed E-state index contributed by atoms with van der Waals surface area (Å²) in [5.41, 5.74) is 4.25. The maximum atomic E-state index is 13.6. The number of benzene rings is 3. The molecule has 2 amide bonds. The van der Waals surface area contributed by atoms with E-state index in [1.165, 1.54) is 27.5 Å². The lowest BCUT2D eigenvalue weighted by Crippen LogP contribution is -2.34. The van der Waals surface area contributed by atoms with Gasteiger partial charge in [-0.1, -0.05) is 40.9 Å². The monoisotopic (exact) mass is 639 g/mol. The van der Waals surface area contributed by atoms with Crippen molar-refractivity contribution in [2.75, 3.05) is 5.43 Å². The predicted molar refractivity (Wildman–Crippen MR) is 162 cm³/mol. The Morgan fingerprint density at radius 1 is 1.12 bits per heavy atom. The third-order valence-electron chi connectivity index (χ3n) is 6.66. The van der Waals surface area contributed by atoms with E-state index in [4.69, 9.17) is 38.3 Å². The molecule has 43 heavy (non-hydrogen) atoms. The van der Waals surface area contributed by atoms with Gasteiger partial charge in [-0.25, -0.2) is 17.2 Å². The summed E-state index contributed by atoms with van der Waals surface area (Å²) in [6.45, 7) is 1.89. The maximum Gasteiger partial charge on any atom is 0.411 e. The highest BCUT2D eigenvalue weighted by Gasteiger charge is 2.27. The molecule has 4 aromatic rings. The van der Waals surface area contributed by atoms with Gasteiger partial charge in [-0.05, 0) is 80.1 Å². The van der Waals surface area contributed by atoms with Crippen molar-refractivity contribution in [3.05, 3.63) is 82.0 Å². The van der Waals surface area contributed by atoms with Crippen molar-refractivity contribution in [3.63, 3.8) is 0 Å². The quantitative estimate of drug-likeness (QED) is 0.141. The van der Waals surface area contributed by atoms with Gasteiger partial charge >= 0.3 is 6.09 Å². The summed E-state index contributed by atoms with van der Waals surface area (Å²) in [5.74, 6) is -0.239. The molecule has 14 heteroatoms. The molecular weight excluding hydrogens is 617 g/mol. The zero-order valence-electron chi connectivity index (χ0n) is 22.5. The minimum absolute atomic E-state index is 0.0662. The van der Waals surface area contributed by atoms with Crippen LogP contribution < -0.4 is 15.5 Å². The summed E-state index contributed by atoms with van der Waals surface area (Å²) in [4.78, 5) is 22.6. The van der Waals surface area contributed by atoms with E-state index in [1.54, 1.807) is 48.7 Å². The van der Waals surface area contributed by atoms with Gasteiger partial charge in [-0.15, -0.1) is 0 Å². The smallest absolute Gasteiger partial charge is 0.411 e. The summed E-state index contributed by atoms with van der Waals surface area (Å²) in [7, 11) is -3.85. The van der Waals surface area contributed by atoms with Gasteiger partial charge in [0.05, 0.1) is 26.1 Å². The molecule has 1 saturated carbocycles. The molecule has 5 rings (SSSR count). The van der Waals surface area contributed by atoms with E-state index in [2.05, 4.69) is 10.5 Å². The van der Waals surface area contributed by atoms with Crippen molar-refractivity contribution in [1.82, 2.24) is 9.29 Å². The van der Waals surface area contributed by atoms with Crippen LogP contribution in [-0.2, 0) is 21.2 Å². The number of nitriles is 1. The number of nitrogens with one attached hydrogen (secondary N) is 2. The van der Waals surface area contributed by atoms with Gasteiger partial charge in [0.2, 0.25) is 5.71 Å². The molecule has 1 aliphatic carbocycles. The number of nitrogens with zero attached hydrogens (tertiary/aromatic N) is 3. The molecule has 0 aliphatic heterocycles. The van der Waals surface area contributed by atoms with Gasteiger partial charge < -0.3 is 9.84 Å². The standard InChI is InChI=1S/C29H23Cl2N5O6S/c1-16-2-7-21(8-3-16)43(40,41)36-15-18(10-17-4-5-17)22-13-20(6-9-26(22)36)42-27-23(30)11-19(12-24(27)31)34-35-25(14-32)28(37)33-29(38)39/h2-3,6-9,11-13,15,17,34H,4-5,10H2,1H3,(H,33,37)(H,38,39)/b35-25-.